The summed E-state index contributed by atoms with van der Waals surface area (Å²) in [5.41, 5.74) is 2.15. The molecule has 0 saturated heterocycles. The topological polar surface area (TPSA) is 64.8 Å². The summed E-state index contributed by atoms with van der Waals surface area (Å²) in [7, 11) is 1.98. The van der Waals surface area contributed by atoms with E-state index in [0.717, 1.165) is 29.2 Å². The fraction of sp³-hybridized carbons (Fsp3) is 0.294. The number of nitro benzene ring substituents is 1. The largest absolute Gasteiger partial charge is 0.486 e. The van der Waals surface area contributed by atoms with E-state index in [9.17, 15) is 10.1 Å². The van der Waals surface area contributed by atoms with Gasteiger partial charge in [0.15, 0.2) is 11.5 Å². The van der Waals surface area contributed by atoms with E-state index in [1.165, 1.54) is 6.07 Å². The lowest BCUT2D eigenvalue weighted by Crippen LogP contribution is -2.18. The van der Waals surface area contributed by atoms with E-state index < -0.39 is 0 Å². The van der Waals surface area contributed by atoms with Gasteiger partial charge in [-0.15, -0.1) is 0 Å². The van der Waals surface area contributed by atoms with E-state index in [-0.39, 0.29) is 10.6 Å². The minimum absolute atomic E-state index is 0.121. The quantitative estimate of drug-likeness (QED) is 0.627. The summed E-state index contributed by atoms with van der Waals surface area (Å²) in [6.07, 6.45) is 0. The molecule has 1 aliphatic heterocycles. The van der Waals surface area contributed by atoms with Gasteiger partial charge in [0.25, 0.3) is 5.69 Å². The van der Waals surface area contributed by atoms with Gasteiger partial charge in [0.1, 0.15) is 13.2 Å². The molecule has 3 rings (SSSR count). The number of ether oxygens (including phenoxy) is 2. The number of nitrogens with zero attached hydrogens (tertiary/aromatic N) is 2. The summed E-state index contributed by atoms with van der Waals surface area (Å²) in [4.78, 5) is 12.6. The Bertz CT molecular complexity index is 717. The Morgan fingerprint density at radius 3 is 2.48 bits per heavy atom. The third-order valence-corrected chi connectivity index (χ3v) is 3.63. The summed E-state index contributed by atoms with van der Waals surface area (Å²) in [5, 5.41) is 10.8. The molecule has 0 amide bonds. The number of nitro groups is 1. The van der Waals surface area contributed by atoms with Crippen LogP contribution in [-0.2, 0) is 13.1 Å². The van der Waals surface area contributed by atoms with Crippen LogP contribution in [0.1, 0.15) is 11.1 Å². The maximum atomic E-state index is 10.8. The lowest BCUT2D eigenvalue weighted by Gasteiger charge is -2.21. The van der Waals surface area contributed by atoms with Crippen molar-refractivity contribution in [2.24, 2.45) is 0 Å². The van der Waals surface area contributed by atoms with Crippen LogP contribution in [0.15, 0.2) is 42.5 Å². The molecule has 0 aromatic heterocycles. The standard InChI is InChI=1S/C17H18N2O4/c1-18(11-13-3-2-4-15(9-13)19(20)21)12-14-5-6-16-17(10-14)23-8-7-22-16/h2-6,9-10H,7-8,11-12H2,1H3. The van der Waals surface area contributed by atoms with Crippen LogP contribution in [-0.4, -0.2) is 30.1 Å². The van der Waals surface area contributed by atoms with Gasteiger partial charge in [-0.05, 0) is 30.3 Å². The number of benzene rings is 2. The van der Waals surface area contributed by atoms with Crippen LogP contribution in [0, 0.1) is 10.1 Å². The van der Waals surface area contributed by atoms with Crippen molar-refractivity contribution in [3.8, 4) is 11.5 Å². The van der Waals surface area contributed by atoms with Crippen LogP contribution in [0.5, 0.6) is 11.5 Å². The van der Waals surface area contributed by atoms with Crippen molar-refractivity contribution in [1.29, 1.82) is 0 Å². The highest BCUT2D eigenvalue weighted by molar-refractivity contribution is 5.43. The van der Waals surface area contributed by atoms with Crippen LogP contribution < -0.4 is 9.47 Å². The van der Waals surface area contributed by atoms with Crippen molar-refractivity contribution in [3.05, 3.63) is 63.7 Å². The Hall–Kier alpha value is -2.60. The van der Waals surface area contributed by atoms with E-state index in [0.29, 0.717) is 19.8 Å². The molecule has 0 N–H and O–H groups in total. The van der Waals surface area contributed by atoms with E-state index in [4.69, 9.17) is 9.47 Å². The fourth-order valence-electron chi connectivity index (χ4n) is 2.63. The van der Waals surface area contributed by atoms with Crippen molar-refractivity contribution in [3.63, 3.8) is 0 Å². The van der Waals surface area contributed by atoms with Crippen molar-refractivity contribution < 1.29 is 14.4 Å². The third kappa shape index (κ3) is 3.78. The second-order valence-electron chi connectivity index (χ2n) is 5.58. The molecule has 0 aliphatic carbocycles. The lowest BCUT2D eigenvalue weighted by atomic mass is 10.1. The highest BCUT2D eigenvalue weighted by Crippen LogP contribution is 2.31. The molecule has 0 radical (unpaired) electrons. The minimum Gasteiger partial charge on any atom is -0.486 e. The van der Waals surface area contributed by atoms with Gasteiger partial charge in [-0.3, -0.25) is 15.0 Å². The van der Waals surface area contributed by atoms with Gasteiger partial charge in [-0.1, -0.05) is 18.2 Å². The smallest absolute Gasteiger partial charge is 0.269 e. The molecule has 0 saturated carbocycles. The molecule has 6 nitrogen and oxygen atoms in total. The first-order valence-electron chi connectivity index (χ1n) is 7.42. The van der Waals surface area contributed by atoms with Crippen LogP contribution in [0.25, 0.3) is 0 Å². The van der Waals surface area contributed by atoms with Gasteiger partial charge in [-0.2, -0.15) is 0 Å². The van der Waals surface area contributed by atoms with E-state index in [2.05, 4.69) is 4.90 Å². The number of non-ortho nitro benzene ring substituents is 1. The van der Waals surface area contributed by atoms with Gasteiger partial charge < -0.3 is 9.47 Å². The zero-order valence-electron chi connectivity index (χ0n) is 12.9. The Morgan fingerprint density at radius 2 is 1.74 bits per heavy atom. The van der Waals surface area contributed by atoms with Crippen molar-refractivity contribution in [2.45, 2.75) is 13.1 Å². The molecule has 0 spiro atoms. The molecule has 1 aliphatic rings. The van der Waals surface area contributed by atoms with Crippen molar-refractivity contribution in [1.82, 2.24) is 4.90 Å². The minimum atomic E-state index is -0.371. The van der Waals surface area contributed by atoms with Gasteiger partial charge in [0, 0.05) is 25.2 Å². The summed E-state index contributed by atoms with van der Waals surface area (Å²) in [6.45, 7) is 2.51. The molecule has 120 valence electrons. The normalized spacial score (nSPS) is 13.1. The lowest BCUT2D eigenvalue weighted by molar-refractivity contribution is -0.384. The molecule has 0 bridgehead atoms. The number of hydrogen-bond donors (Lipinski definition) is 0. The van der Waals surface area contributed by atoms with Crippen molar-refractivity contribution in [2.75, 3.05) is 20.3 Å². The van der Waals surface area contributed by atoms with Crippen LogP contribution in [0.3, 0.4) is 0 Å². The van der Waals surface area contributed by atoms with Gasteiger partial charge in [0.05, 0.1) is 4.92 Å². The first-order valence-corrected chi connectivity index (χ1v) is 7.42. The second-order valence-corrected chi connectivity index (χ2v) is 5.58. The highest BCUT2D eigenvalue weighted by atomic mass is 16.6. The monoisotopic (exact) mass is 314 g/mol. The zero-order valence-corrected chi connectivity index (χ0v) is 12.9. The number of hydrogen-bond acceptors (Lipinski definition) is 5. The molecule has 6 heteroatoms. The predicted molar refractivity (Wildman–Crippen MR) is 85.7 cm³/mol. The van der Waals surface area contributed by atoms with E-state index in [1.807, 2.05) is 31.3 Å². The second kappa shape index (κ2) is 6.66. The summed E-state index contributed by atoms with van der Waals surface area (Å²) in [5.74, 6) is 1.55. The summed E-state index contributed by atoms with van der Waals surface area (Å²) in [6, 6.07) is 12.6. The van der Waals surface area contributed by atoms with E-state index in [1.54, 1.807) is 12.1 Å². The average molecular weight is 314 g/mol. The van der Waals surface area contributed by atoms with E-state index >= 15 is 0 Å². The Kier molecular flexibility index (Phi) is 4.43. The Labute approximate surface area is 134 Å². The zero-order chi connectivity index (χ0) is 16.2. The fourth-order valence-corrected chi connectivity index (χ4v) is 2.63. The summed E-state index contributed by atoms with van der Waals surface area (Å²) < 4.78 is 11.1. The molecule has 0 unspecified atom stereocenters. The first-order chi connectivity index (χ1) is 11.1. The SMILES string of the molecule is CN(Cc1cccc([N+](=O)[O-])c1)Cc1ccc2c(c1)OCCO2. The van der Waals surface area contributed by atoms with Crippen LogP contribution >= 0.6 is 0 Å². The number of fused-ring (bicyclic) bond motifs is 1. The Balaban J connectivity index is 1.66. The van der Waals surface area contributed by atoms with Crippen LogP contribution in [0.2, 0.25) is 0 Å². The third-order valence-electron chi connectivity index (χ3n) is 3.63. The van der Waals surface area contributed by atoms with Gasteiger partial charge in [0.2, 0.25) is 0 Å². The molecule has 0 fully saturated rings. The van der Waals surface area contributed by atoms with Crippen molar-refractivity contribution >= 4 is 5.69 Å². The molecule has 23 heavy (non-hydrogen) atoms. The molecular weight excluding hydrogens is 296 g/mol. The maximum Gasteiger partial charge on any atom is 0.269 e. The molecule has 0 atom stereocenters. The summed E-state index contributed by atoms with van der Waals surface area (Å²) >= 11 is 0. The molecular formula is C17H18N2O4. The Morgan fingerprint density at radius 1 is 1.04 bits per heavy atom. The van der Waals surface area contributed by atoms with Crippen LogP contribution in [0.4, 0.5) is 5.69 Å². The first kappa shape index (κ1) is 15.3. The molecule has 1 heterocycles. The molecule has 2 aromatic rings. The van der Waals surface area contributed by atoms with Gasteiger partial charge in [-0.25, -0.2) is 0 Å². The predicted octanol–water partition coefficient (Wildman–Crippen LogP) is 3.00. The maximum absolute atomic E-state index is 10.8. The molecule has 2 aromatic carbocycles. The highest BCUT2D eigenvalue weighted by Gasteiger charge is 2.13. The van der Waals surface area contributed by atoms with Gasteiger partial charge >= 0.3 is 0 Å². The average Bonchev–Trinajstić information content (AvgIpc) is 2.55. The number of rotatable bonds is 5.